The third kappa shape index (κ3) is 6.57. The first-order chi connectivity index (χ1) is 19.6. The molecule has 0 unspecified atom stereocenters. The summed E-state index contributed by atoms with van der Waals surface area (Å²) in [6.07, 6.45) is 6.04. The third-order valence-corrected chi connectivity index (χ3v) is 9.29. The summed E-state index contributed by atoms with van der Waals surface area (Å²) in [6, 6.07) is 18.6. The highest BCUT2D eigenvalue weighted by Crippen LogP contribution is 2.35. The molecule has 2 atom stereocenters. The SMILES string of the molecule is Cc1ccc(S(=O)(=O)N[C@@H]2CCCc3ccc(N(Cc4nccn4C)C(=O)C[C@H](C)c4cccc(F)c4)cc32)cc1. The Balaban J connectivity index is 1.46. The van der Waals surface area contributed by atoms with Gasteiger partial charge >= 0.3 is 0 Å². The van der Waals surface area contributed by atoms with Crippen molar-refractivity contribution in [2.75, 3.05) is 4.90 Å². The number of aromatic nitrogens is 2. The number of carbonyl (C=O) groups excluding carboxylic acids is 1. The van der Waals surface area contributed by atoms with Crippen LogP contribution in [0.25, 0.3) is 0 Å². The van der Waals surface area contributed by atoms with Gasteiger partial charge in [0.2, 0.25) is 15.9 Å². The van der Waals surface area contributed by atoms with Crippen LogP contribution in [0.2, 0.25) is 0 Å². The summed E-state index contributed by atoms with van der Waals surface area (Å²) in [4.78, 5) is 20.2. The molecule has 7 nitrogen and oxygen atoms in total. The molecule has 5 rings (SSSR count). The molecule has 214 valence electrons. The number of anilines is 1. The second-order valence-electron chi connectivity index (χ2n) is 10.9. The molecule has 1 N–H and O–H groups in total. The highest BCUT2D eigenvalue weighted by Gasteiger charge is 2.28. The number of sulfonamides is 1. The number of benzene rings is 3. The van der Waals surface area contributed by atoms with Crippen LogP contribution in [-0.2, 0) is 34.8 Å². The summed E-state index contributed by atoms with van der Waals surface area (Å²) in [5, 5.41) is 0. The quantitative estimate of drug-likeness (QED) is 0.268. The molecule has 9 heteroatoms. The van der Waals surface area contributed by atoms with Crippen molar-refractivity contribution < 1.29 is 17.6 Å². The summed E-state index contributed by atoms with van der Waals surface area (Å²) in [7, 11) is -1.86. The average molecular weight is 575 g/mol. The molecule has 1 aliphatic carbocycles. The molecule has 41 heavy (non-hydrogen) atoms. The van der Waals surface area contributed by atoms with Crippen molar-refractivity contribution in [3.8, 4) is 0 Å². The van der Waals surface area contributed by atoms with E-state index in [0.29, 0.717) is 17.9 Å². The highest BCUT2D eigenvalue weighted by atomic mass is 32.2. The second-order valence-corrected chi connectivity index (χ2v) is 12.6. The average Bonchev–Trinajstić information content (AvgIpc) is 3.35. The van der Waals surface area contributed by atoms with Crippen LogP contribution in [-0.4, -0.2) is 23.9 Å². The maximum absolute atomic E-state index is 13.9. The lowest BCUT2D eigenvalue weighted by Gasteiger charge is -2.30. The van der Waals surface area contributed by atoms with Crippen molar-refractivity contribution in [2.45, 2.75) is 62.9 Å². The van der Waals surface area contributed by atoms with Crippen molar-refractivity contribution in [2.24, 2.45) is 7.05 Å². The van der Waals surface area contributed by atoms with Crippen molar-refractivity contribution in [1.82, 2.24) is 14.3 Å². The van der Waals surface area contributed by atoms with Gasteiger partial charge in [-0.2, -0.15) is 0 Å². The maximum atomic E-state index is 13.9. The number of hydrogen-bond donors (Lipinski definition) is 1. The fraction of sp³-hybridized carbons (Fsp3) is 0.312. The molecule has 0 bridgehead atoms. The van der Waals surface area contributed by atoms with Gasteiger partial charge in [-0.3, -0.25) is 4.79 Å². The molecule has 4 aromatic rings. The van der Waals surface area contributed by atoms with Crippen molar-refractivity contribution in [1.29, 1.82) is 0 Å². The van der Waals surface area contributed by atoms with Gasteiger partial charge in [0.05, 0.1) is 11.4 Å². The number of nitrogens with zero attached hydrogens (tertiary/aromatic N) is 3. The van der Waals surface area contributed by atoms with Crippen LogP contribution in [0.15, 0.2) is 84.0 Å². The maximum Gasteiger partial charge on any atom is 0.241 e. The van der Waals surface area contributed by atoms with E-state index in [0.717, 1.165) is 35.1 Å². The fourth-order valence-electron chi connectivity index (χ4n) is 5.37. The molecule has 0 spiro atoms. The van der Waals surface area contributed by atoms with E-state index in [-0.39, 0.29) is 35.5 Å². The summed E-state index contributed by atoms with van der Waals surface area (Å²) in [5.41, 5.74) is 4.35. The molecule has 0 saturated carbocycles. The zero-order chi connectivity index (χ0) is 29.1. The number of carbonyl (C=O) groups is 1. The Labute approximate surface area is 241 Å². The summed E-state index contributed by atoms with van der Waals surface area (Å²) >= 11 is 0. The van der Waals surface area contributed by atoms with Gasteiger partial charge in [0, 0.05) is 37.6 Å². The zero-order valence-electron chi connectivity index (χ0n) is 23.5. The van der Waals surface area contributed by atoms with Crippen LogP contribution >= 0.6 is 0 Å². The predicted octanol–water partition coefficient (Wildman–Crippen LogP) is 5.95. The van der Waals surface area contributed by atoms with Crippen molar-refractivity contribution in [3.05, 3.63) is 113 Å². The lowest BCUT2D eigenvalue weighted by Crippen LogP contribution is -2.34. The minimum Gasteiger partial charge on any atom is -0.337 e. The summed E-state index contributed by atoms with van der Waals surface area (Å²) < 4.78 is 45.2. The lowest BCUT2D eigenvalue weighted by molar-refractivity contribution is -0.119. The minimum atomic E-state index is -3.74. The van der Waals surface area contributed by atoms with Gasteiger partial charge in [-0.15, -0.1) is 0 Å². The Bertz CT molecular complexity index is 1650. The Morgan fingerprint density at radius 2 is 1.93 bits per heavy atom. The van der Waals surface area contributed by atoms with Crippen LogP contribution in [0.5, 0.6) is 0 Å². The van der Waals surface area contributed by atoms with Crippen LogP contribution in [0.4, 0.5) is 10.1 Å². The van der Waals surface area contributed by atoms with E-state index in [1.165, 1.54) is 12.1 Å². The Morgan fingerprint density at radius 1 is 1.15 bits per heavy atom. The predicted molar refractivity (Wildman–Crippen MR) is 157 cm³/mol. The van der Waals surface area contributed by atoms with Gasteiger partial charge in [0.15, 0.2) is 0 Å². The Kier molecular flexibility index (Phi) is 8.37. The van der Waals surface area contributed by atoms with Crippen LogP contribution in [0.3, 0.4) is 0 Å². The van der Waals surface area contributed by atoms with E-state index >= 15 is 0 Å². The fourth-order valence-corrected chi connectivity index (χ4v) is 6.62. The Morgan fingerprint density at radius 3 is 2.63 bits per heavy atom. The molecular weight excluding hydrogens is 539 g/mol. The van der Waals surface area contributed by atoms with Gasteiger partial charge in [-0.1, -0.05) is 42.8 Å². The number of rotatable bonds is 9. The second kappa shape index (κ2) is 12.0. The first-order valence-electron chi connectivity index (χ1n) is 13.8. The van der Waals surface area contributed by atoms with Crippen LogP contribution in [0, 0.1) is 12.7 Å². The minimum absolute atomic E-state index is 0.127. The number of hydrogen-bond acceptors (Lipinski definition) is 4. The van der Waals surface area contributed by atoms with Gasteiger partial charge in [-0.05, 0) is 85.2 Å². The van der Waals surface area contributed by atoms with Crippen molar-refractivity contribution >= 4 is 21.6 Å². The molecule has 0 saturated heterocycles. The zero-order valence-corrected chi connectivity index (χ0v) is 24.4. The number of nitrogens with one attached hydrogen (secondary N) is 1. The number of fused-ring (bicyclic) bond motifs is 1. The smallest absolute Gasteiger partial charge is 0.241 e. The largest absolute Gasteiger partial charge is 0.337 e. The molecule has 1 aliphatic rings. The number of aryl methyl sites for hydroxylation is 3. The molecule has 0 fully saturated rings. The van der Waals surface area contributed by atoms with Crippen molar-refractivity contribution in [3.63, 3.8) is 0 Å². The summed E-state index contributed by atoms with van der Waals surface area (Å²) in [5.74, 6) is 0.0534. The van der Waals surface area contributed by atoms with E-state index in [2.05, 4.69) is 9.71 Å². The standard InChI is InChI=1S/C32H35FN4O3S/c1-22-10-14-28(15-11-22)41(39,40)35-30-9-5-6-24-12-13-27(20-29(24)30)37(21-31-34-16-17-36(31)3)32(38)18-23(2)25-7-4-8-26(33)19-25/h4,7-8,10-17,19-20,23,30,35H,5-6,9,18,21H2,1-3H3/t23-,30+/m0/s1. The van der Waals surface area contributed by atoms with E-state index in [9.17, 15) is 17.6 Å². The summed E-state index contributed by atoms with van der Waals surface area (Å²) in [6.45, 7) is 4.07. The molecular formula is C32H35FN4O3S. The van der Waals surface area contributed by atoms with E-state index < -0.39 is 16.1 Å². The highest BCUT2D eigenvalue weighted by molar-refractivity contribution is 7.89. The first kappa shape index (κ1) is 28.7. The normalized spacial score (nSPS) is 15.8. The van der Waals surface area contributed by atoms with Gasteiger partial charge in [0.25, 0.3) is 0 Å². The molecule has 1 heterocycles. The third-order valence-electron chi connectivity index (χ3n) is 7.80. The number of amides is 1. The van der Waals surface area contributed by atoms with E-state index in [1.54, 1.807) is 41.4 Å². The van der Waals surface area contributed by atoms with E-state index in [1.807, 2.05) is 55.9 Å². The molecule has 1 amide bonds. The molecule has 0 radical (unpaired) electrons. The molecule has 0 aliphatic heterocycles. The topological polar surface area (TPSA) is 84.3 Å². The van der Waals surface area contributed by atoms with Crippen LogP contribution in [0.1, 0.15) is 66.2 Å². The molecule has 1 aromatic heterocycles. The number of halogens is 1. The van der Waals surface area contributed by atoms with Gasteiger partial charge in [0.1, 0.15) is 11.6 Å². The van der Waals surface area contributed by atoms with E-state index in [4.69, 9.17) is 0 Å². The van der Waals surface area contributed by atoms with Gasteiger partial charge in [-0.25, -0.2) is 22.5 Å². The van der Waals surface area contributed by atoms with Crippen LogP contribution < -0.4 is 9.62 Å². The monoisotopic (exact) mass is 574 g/mol. The van der Waals surface area contributed by atoms with Gasteiger partial charge < -0.3 is 9.47 Å². The number of imidazole rings is 1. The first-order valence-corrected chi connectivity index (χ1v) is 15.3. The lowest BCUT2D eigenvalue weighted by atomic mass is 9.87. The Hall–Kier alpha value is -3.82. The molecule has 3 aromatic carbocycles.